The Bertz CT molecular complexity index is 454. The van der Waals surface area contributed by atoms with Crippen LogP contribution in [-0.4, -0.2) is 4.98 Å². The SMILES string of the molecule is Cc1ccc(-c2cc(CI)c(C)[nH]2)cc1. The van der Waals surface area contributed by atoms with Crippen LogP contribution in [0.2, 0.25) is 0 Å². The average Bonchev–Trinajstić information content (AvgIpc) is 2.61. The fourth-order valence-corrected chi connectivity index (χ4v) is 2.42. The van der Waals surface area contributed by atoms with E-state index in [0.717, 1.165) is 4.43 Å². The molecular weight excluding hydrogens is 297 g/mol. The summed E-state index contributed by atoms with van der Waals surface area (Å²) in [6.07, 6.45) is 0. The third kappa shape index (κ3) is 2.25. The molecular formula is C13H14IN. The molecule has 1 nitrogen and oxygen atoms in total. The zero-order valence-electron chi connectivity index (χ0n) is 8.97. The molecule has 0 atom stereocenters. The van der Waals surface area contributed by atoms with Crippen molar-refractivity contribution in [1.29, 1.82) is 0 Å². The van der Waals surface area contributed by atoms with Gasteiger partial charge in [0.1, 0.15) is 0 Å². The summed E-state index contributed by atoms with van der Waals surface area (Å²) in [4.78, 5) is 3.43. The number of hydrogen-bond acceptors (Lipinski definition) is 0. The van der Waals surface area contributed by atoms with Crippen molar-refractivity contribution in [2.24, 2.45) is 0 Å². The highest BCUT2D eigenvalue weighted by Gasteiger charge is 2.04. The highest BCUT2D eigenvalue weighted by atomic mass is 127. The van der Waals surface area contributed by atoms with Crippen LogP contribution >= 0.6 is 22.6 Å². The van der Waals surface area contributed by atoms with Gasteiger partial charge in [0.15, 0.2) is 0 Å². The lowest BCUT2D eigenvalue weighted by Crippen LogP contribution is -1.78. The summed E-state index contributed by atoms with van der Waals surface area (Å²) in [5.74, 6) is 0. The minimum absolute atomic E-state index is 1.06. The summed E-state index contributed by atoms with van der Waals surface area (Å²) < 4.78 is 1.06. The molecule has 1 heterocycles. The number of nitrogens with one attached hydrogen (secondary N) is 1. The number of alkyl halides is 1. The third-order valence-corrected chi connectivity index (χ3v) is 3.45. The van der Waals surface area contributed by atoms with Crippen LogP contribution in [0.15, 0.2) is 30.3 Å². The van der Waals surface area contributed by atoms with Crippen molar-refractivity contribution < 1.29 is 0 Å². The maximum Gasteiger partial charge on any atom is 0.0459 e. The quantitative estimate of drug-likeness (QED) is 0.631. The van der Waals surface area contributed by atoms with Crippen LogP contribution in [0.4, 0.5) is 0 Å². The minimum atomic E-state index is 1.06. The molecule has 2 rings (SSSR count). The molecule has 0 aliphatic carbocycles. The molecule has 0 bridgehead atoms. The van der Waals surface area contributed by atoms with Gasteiger partial charge < -0.3 is 4.98 Å². The van der Waals surface area contributed by atoms with Crippen molar-refractivity contribution in [2.45, 2.75) is 18.3 Å². The van der Waals surface area contributed by atoms with Gasteiger partial charge in [0.25, 0.3) is 0 Å². The Morgan fingerprint density at radius 2 is 1.80 bits per heavy atom. The van der Waals surface area contributed by atoms with Gasteiger partial charge in [-0.25, -0.2) is 0 Å². The van der Waals surface area contributed by atoms with Crippen molar-refractivity contribution in [2.75, 3.05) is 0 Å². The van der Waals surface area contributed by atoms with E-state index in [-0.39, 0.29) is 0 Å². The van der Waals surface area contributed by atoms with Gasteiger partial charge in [0, 0.05) is 15.8 Å². The Balaban J connectivity index is 2.41. The van der Waals surface area contributed by atoms with Gasteiger partial charge in [-0.15, -0.1) is 0 Å². The van der Waals surface area contributed by atoms with Crippen molar-refractivity contribution in [1.82, 2.24) is 4.98 Å². The number of benzene rings is 1. The smallest absolute Gasteiger partial charge is 0.0459 e. The van der Waals surface area contributed by atoms with Crippen LogP contribution in [0.5, 0.6) is 0 Å². The number of aryl methyl sites for hydroxylation is 2. The molecule has 2 aromatic rings. The van der Waals surface area contributed by atoms with Crippen LogP contribution in [0.25, 0.3) is 11.3 Å². The van der Waals surface area contributed by atoms with Gasteiger partial charge in [-0.1, -0.05) is 52.4 Å². The van der Waals surface area contributed by atoms with Gasteiger partial charge >= 0.3 is 0 Å². The molecule has 1 aromatic heterocycles. The second kappa shape index (κ2) is 4.39. The molecule has 0 radical (unpaired) electrons. The number of aromatic nitrogens is 1. The monoisotopic (exact) mass is 311 g/mol. The van der Waals surface area contributed by atoms with Crippen molar-refractivity contribution in [3.8, 4) is 11.3 Å². The number of aromatic amines is 1. The van der Waals surface area contributed by atoms with Crippen LogP contribution in [-0.2, 0) is 4.43 Å². The van der Waals surface area contributed by atoms with E-state index in [9.17, 15) is 0 Å². The number of halogens is 1. The Morgan fingerprint density at radius 3 is 2.33 bits per heavy atom. The predicted molar refractivity (Wildman–Crippen MR) is 73.4 cm³/mol. The molecule has 15 heavy (non-hydrogen) atoms. The first-order valence-electron chi connectivity index (χ1n) is 5.02. The topological polar surface area (TPSA) is 15.8 Å². The van der Waals surface area contributed by atoms with Crippen LogP contribution in [0.3, 0.4) is 0 Å². The van der Waals surface area contributed by atoms with Crippen molar-refractivity contribution in [3.63, 3.8) is 0 Å². The molecule has 0 saturated heterocycles. The Labute approximate surface area is 104 Å². The zero-order chi connectivity index (χ0) is 10.8. The van der Waals surface area contributed by atoms with E-state index in [2.05, 4.69) is 71.8 Å². The molecule has 1 N–H and O–H groups in total. The molecule has 0 amide bonds. The lowest BCUT2D eigenvalue weighted by atomic mass is 10.1. The Morgan fingerprint density at radius 1 is 1.13 bits per heavy atom. The zero-order valence-corrected chi connectivity index (χ0v) is 11.1. The maximum atomic E-state index is 3.43. The first-order valence-corrected chi connectivity index (χ1v) is 6.55. The summed E-state index contributed by atoms with van der Waals surface area (Å²) in [7, 11) is 0. The molecule has 78 valence electrons. The molecule has 2 heteroatoms. The van der Waals surface area contributed by atoms with E-state index < -0.39 is 0 Å². The van der Waals surface area contributed by atoms with E-state index in [1.165, 1.54) is 28.1 Å². The molecule has 0 aliphatic rings. The lowest BCUT2D eigenvalue weighted by molar-refractivity contribution is 1.23. The van der Waals surface area contributed by atoms with Gasteiger partial charge in [-0.2, -0.15) is 0 Å². The van der Waals surface area contributed by atoms with Gasteiger partial charge in [-0.05, 0) is 31.0 Å². The summed E-state index contributed by atoms with van der Waals surface area (Å²) in [6, 6.07) is 10.9. The normalized spacial score (nSPS) is 10.6. The molecule has 0 saturated carbocycles. The minimum Gasteiger partial charge on any atom is -0.358 e. The van der Waals surface area contributed by atoms with Crippen molar-refractivity contribution >= 4 is 22.6 Å². The van der Waals surface area contributed by atoms with E-state index >= 15 is 0 Å². The summed E-state index contributed by atoms with van der Waals surface area (Å²) in [5.41, 5.74) is 6.46. The van der Waals surface area contributed by atoms with Gasteiger partial charge in [0.05, 0.1) is 0 Å². The van der Waals surface area contributed by atoms with E-state index in [1.807, 2.05) is 0 Å². The Hall–Kier alpha value is -0.770. The molecule has 0 unspecified atom stereocenters. The first-order chi connectivity index (χ1) is 7.20. The average molecular weight is 311 g/mol. The number of hydrogen-bond donors (Lipinski definition) is 1. The molecule has 0 fully saturated rings. The molecule has 1 aromatic carbocycles. The van der Waals surface area contributed by atoms with E-state index in [0.29, 0.717) is 0 Å². The third-order valence-electron chi connectivity index (χ3n) is 2.63. The summed E-state index contributed by atoms with van der Waals surface area (Å²) in [5, 5.41) is 0. The Kier molecular flexibility index (Phi) is 3.14. The van der Waals surface area contributed by atoms with E-state index in [4.69, 9.17) is 0 Å². The summed E-state index contributed by atoms with van der Waals surface area (Å²) in [6.45, 7) is 4.24. The summed E-state index contributed by atoms with van der Waals surface area (Å²) >= 11 is 2.40. The lowest BCUT2D eigenvalue weighted by Gasteiger charge is -1.98. The van der Waals surface area contributed by atoms with Gasteiger partial charge in [-0.3, -0.25) is 0 Å². The molecule has 0 spiro atoms. The van der Waals surface area contributed by atoms with Crippen molar-refractivity contribution in [3.05, 3.63) is 47.2 Å². The van der Waals surface area contributed by atoms with Crippen LogP contribution < -0.4 is 0 Å². The predicted octanol–water partition coefficient (Wildman–Crippen LogP) is 4.23. The molecule has 0 aliphatic heterocycles. The highest BCUT2D eigenvalue weighted by Crippen LogP contribution is 2.23. The first kappa shape index (κ1) is 10.7. The number of rotatable bonds is 2. The highest BCUT2D eigenvalue weighted by molar-refractivity contribution is 14.1. The fraction of sp³-hybridized carbons (Fsp3) is 0.231. The maximum absolute atomic E-state index is 3.43. The van der Waals surface area contributed by atoms with Crippen LogP contribution in [0.1, 0.15) is 16.8 Å². The number of H-pyrrole nitrogens is 1. The van der Waals surface area contributed by atoms with Gasteiger partial charge in [0.2, 0.25) is 0 Å². The van der Waals surface area contributed by atoms with Crippen LogP contribution in [0, 0.1) is 13.8 Å². The van der Waals surface area contributed by atoms with E-state index in [1.54, 1.807) is 0 Å². The second-order valence-electron chi connectivity index (χ2n) is 3.83. The largest absolute Gasteiger partial charge is 0.358 e. The second-order valence-corrected chi connectivity index (χ2v) is 4.60. The fourth-order valence-electron chi connectivity index (χ4n) is 1.63. The standard InChI is InChI=1S/C13H14IN/c1-9-3-5-11(6-4-9)13-7-12(8-14)10(2)15-13/h3-7,15H,8H2,1-2H3.